The van der Waals surface area contributed by atoms with Crippen molar-refractivity contribution in [3.05, 3.63) is 29.3 Å². The maximum atomic E-state index is 3.70. The van der Waals surface area contributed by atoms with Gasteiger partial charge in [-0.1, -0.05) is 0 Å². The zero-order valence-electron chi connectivity index (χ0n) is 4.43. The molecule has 0 nitrogen and oxygen atoms in total. The van der Waals surface area contributed by atoms with Gasteiger partial charge in [0.25, 0.3) is 0 Å². The first kappa shape index (κ1) is 11.6. The van der Waals surface area contributed by atoms with Gasteiger partial charge in [-0.25, -0.2) is 6.92 Å². The third-order valence-corrected chi connectivity index (χ3v) is 1.31. The van der Waals surface area contributed by atoms with E-state index in [0.29, 0.717) is 0 Å². The first-order valence-electron chi connectivity index (χ1n) is 1.75. The van der Waals surface area contributed by atoms with Gasteiger partial charge in [0.1, 0.15) is 0 Å². The van der Waals surface area contributed by atoms with Crippen molar-refractivity contribution in [3.63, 3.8) is 0 Å². The summed E-state index contributed by atoms with van der Waals surface area (Å²) in [6.07, 6.45) is 0. The maximum absolute atomic E-state index is 3.70. The van der Waals surface area contributed by atoms with Crippen molar-refractivity contribution in [2.24, 2.45) is 0 Å². The normalized spacial score (nSPS) is 6.50. The summed E-state index contributed by atoms with van der Waals surface area (Å²) < 4.78 is 0. The molecule has 0 atom stereocenters. The average molecular weight is 201 g/mol. The molecule has 0 aliphatic carbocycles. The summed E-state index contributed by atoms with van der Waals surface area (Å²) >= 11 is 1.67. The van der Waals surface area contributed by atoms with Crippen LogP contribution in [0, 0.1) is 6.92 Å². The predicted octanol–water partition coefficient (Wildman–Crippen LogP) is -1.45. The molecule has 0 unspecified atom stereocenters. The largest absolute Gasteiger partial charge is 2.00 e. The van der Waals surface area contributed by atoms with Gasteiger partial charge in [0.2, 0.25) is 0 Å². The van der Waals surface area contributed by atoms with Crippen LogP contribution < -0.4 is 17.0 Å². The molecule has 1 aromatic heterocycles. The van der Waals surface area contributed by atoms with E-state index in [-0.39, 0.29) is 40.0 Å². The van der Waals surface area contributed by atoms with Gasteiger partial charge >= 0.3 is 23.1 Å². The van der Waals surface area contributed by atoms with E-state index in [1.165, 1.54) is 0 Å². The fourth-order valence-corrected chi connectivity index (χ4v) is 0.802. The van der Waals surface area contributed by atoms with Gasteiger partial charge in [0, 0.05) is 0 Å². The van der Waals surface area contributed by atoms with Crippen LogP contribution in [-0.4, -0.2) is 23.1 Å². The molecule has 3 heteroatoms. The molecule has 0 aromatic carbocycles. The summed E-state index contributed by atoms with van der Waals surface area (Å²) in [5, 5.41) is 2.02. The fourth-order valence-electron chi connectivity index (χ4n) is 0.313. The van der Waals surface area contributed by atoms with Gasteiger partial charge in [-0.15, -0.1) is 10.9 Å². The Morgan fingerprint density at radius 2 is 2.12 bits per heavy atom. The third-order valence-electron chi connectivity index (χ3n) is 0.580. The van der Waals surface area contributed by atoms with E-state index >= 15 is 0 Å². The van der Waals surface area contributed by atoms with Crippen LogP contribution in [0.15, 0.2) is 17.5 Å². The van der Waals surface area contributed by atoms with Crippen LogP contribution in [0.3, 0.4) is 0 Å². The molecule has 0 aliphatic heterocycles. The summed E-state index contributed by atoms with van der Waals surface area (Å²) in [6, 6.07) is 3.98. The van der Waals surface area contributed by atoms with Crippen LogP contribution in [0.4, 0.5) is 0 Å². The molecule has 0 bridgehead atoms. The third kappa shape index (κ3) is 3.77. The summed E-state index contributed by atoms with van der Waals surface area (Å²) in [6.45, 7) is 3.70. The van der Waals surface area contributed by atoms with E-state index < -0.39 is 0 Å². The number of rotatable bonds is 0. The van der Waals surface area contributed by atoms with Gasteiger partial charge in [-0.3, -0.25) is 0 Å². The number of hydrogen-bond donors (Lipinski definition) is 0. The van der Waals surface area contributed by atoms with Crippen LogP contribution >= 0.6 is 11.3 Å². The molecule has 0 N–H and O–H groups in total. The number of thiophene rings is 1. The first-order valence-corrected chi connectivity index (χ1v) is 2.63. The minimum absolute atomic E-state index is 0. The Bertz CT molecular complexity index is 116. The van der Waals surface area contributed by atoms with Crippen molar-refractivity contribution < 1.29 is 17.0 Å². The minimum atomic E-state index is 0. The summed E-state index contributed by atoms with van der Waals surface area (Å²) in [5.74, 6) is 0. The molecule has 0 saturated carbocycles. The minimum Gasteiger partial charge on any atom is -1.00 e. The van der Waals surface area contributed by atoms with E-state index in [9.17, 15) is 0 Å². The Kier molecular flexibility index (Phi) is 8.61. The van der Waals surface area contributed by atoms with Crippen LogP contribution in [0.5, 0.6) is 0 Å². The molecule has 1 heterocycles. The summed E-state index contributed by atoms with van der Waals surface area (Å²) in [5.41, 5.74) is 0. The van der Waals surface area contributed by atoms with Crippen LogP contribution in [0.1, 0.15) is 4.88 Å². The SMILES string of the molecule is [Br-].[CH2-]c1cccs1.[Mg+2]. The molecule has 0 aliphatic rings. The quantitative estimate of drug-likeness (QED) is 0.356. The predicted molar refractivity (Wildman–Crippen MR) is 34.5 cm³/mol. The smallest absolute Gasteiger partial charge is 1.00 e. The molecule has 0 fully saturated rings. The van der Waals surface area contributed by atoms with E-state index in [1.807, 2.05) is 17.5 Å². The average Bonchev–Trinajstić information content (AvgIpc) is 1.86. The monoisotopic (exact) mass is 200 g/mol. The Balaban J connectivity index is 0. The van der Waals surface area contributed by atoms with Gasteiger partial charge in [-0.2, -0.15) is 17.4 Å². The molecule has 0 radical (unpaired) electrons. The molecule has 8 heavy (non-hydrogen) atoms. The number of halogens is 1. The standard InChI is InChI=1S/C5H5S.BrH.Mg/c1-5-3-2-4-6-5;;/h2-4H,1H2;1H;/q-1;;+2/p-1. The van der Waals surface area contributed by atoms with Crippen molar-refractivity contribution in [2.75, 3.05) is 0 Å². The molecule has 0 amide bonds. The van der Waals surface area contributed by atoms with Crippen LogP contribution in [0.2, 0.25) is 0 Å². The number of hydrogen-bond acceptors (Lipinski definition) is 1. The van der Waals surface area contributed by atoms with E-state index in [4.69, 9.17) is 0 Å². The second-order valence-corrected chi connectivity index (χ2v) is 2.11. The molecule has 40 valence electrons. The molecular weight excluding hydrogens is 196 g/mol. The molecular formula is C5H5BrMgS. The summed E-state index contributed by atoms with van der Waals surface area (Å²) in [7, 11) is 0. The van der Waals surface area contributed by atoms with Crippen LogP contribution in [-0.2, 0) is 0 Å². The van der Waals surface area contributed by atoms with Gasteiger partial charge < -0.3 is 17.0 Å². The van der Waals surface area contributed by atoms with Crippen molar-refractivity contribution in [2.45, 2.75) is 0 Å². The van der Waals surface area contributed by atoms with Crippen LogP contribution in [0.25, 0.3) is 0 Å². The Labute approximate surface area is 80.2 Å². The van der Waals surface area contributed by atoms with Crippen molar-refractivity contribution >= 4 is 34.4 Å². The molecule has 0 spiro atoms. The fraction of sp³-hybridized carbons (Fsp3) is 0. The first-order chi connectivity index (χ1) is 2.89. The van der Waals surface area contributed by atoms with Crippen molar-refractivity contribution in [3.8, 4) is 0 Å². The maximum Gasteiger partial charge on any atom is 2.00 e. The van der Waals surface area contributed by atoms with Crippen molar-refractivity contribution in [1.29, 1.82) is 0 Å². The topological polar surface area (TPSA) is 0 Å². The second-order valence-electron chi connectivity index (χ2n) is 1.08. The molecule has 1 aromatic rings. The zero-order valence-corrected chi connectivity index (χ0v) is 8.25. The van der Waals surface area contributed by atoms with E-state index in [0.717, 1.165) is 4.88 Å². The summed E-state index contributed by atoms with van der Waals surface area (Å²) in [4.78, 5) is 1.13. The van der Waals surface area contributed by atoms with Crippen molar-refractivity contribution in [1.82, 2.24) is 0 Å². The van der Waals surface area contributed by atoms with E-state index in [2.05, 4.69) is 6.92 Å². The Hall–Kier alpha value is 0.816. The molecule has 1 rings (SSSR count). The Morgan fingerprint density at radius 3 is 2.25 bits per heavy atom. The van der Waals surface area contributed by atoms with E-state index in [1.54, 1.807) is 11.3 Å². The van der Waals surface area contributed by atoms with Gasteiger partial charge in [0.15, 0.2) is 0 Å². The Morgan fingerprint density at radius 1 is 1.50 bits per heavy atom. The molecule has 0 saturated heterocycles. The second kappa shape index (κ2) is 5.94. The van der Waals surface area contributed by atoms with Gasteiger partial charge in [0.05, 0.1) is 0 Å². The zero-order chi connectivity index (χ0) is 4.41. The van der Waals surface area contributed by atoms with Gasteiger partial charge in [-0.05, 0) is 5.38 Å².